The Kier molecular flexibility index (Phi) is 5.49. The van der Waals surface area contributed by atoms with E-state index in [4.69, 9.17) is 16.7 Å². The molecule has 0 saturated carbocycles. The van der Waals surface area contributed by atoms with Crippen LogP contribution in [0.25, 0.3) is 0 Å². The van der Waals surface area contributed by atoms with Gasteiger partial charge in [-0.25, -0.2) is 17.6 Å². The van der Waals surface area contributed by atoms with E-state index in [0.717, 1.165) is 10.4 Å². The van der Waals surface area contributed by atoms with Crippen LogP contribution in [0.1, 0.15) is 24.2 Å². The summed E-state index contributed by atoms with van der Waals surface area (Å²) in [6, 6.07) is 1.16. The Hall–Kier alpha value is -1.44. The smallest absolute Gasteiger partial charge is 0.337 e. The quantitative estimate of drug-likeness (QED) is 0.811. The number of halogens is 2. The molecule has 0 saturated heterocycles. The molecule has 0 atom stereocenters. The largest absolute Gasteiger partial charge is 0.478 e. The first kappa shape index (κ1) is 17.6. The number of rotatable bonds is 6. The molecule has 1 rings (SSSR count). The monoisotopic (exact) mass is 335 g/mol. The number of nitrogens with zero attached hydrogens (tertiary/aromatic N) is 1. The van der Waals surface area contributed by atoms with Crippen molar-refractivity contribution in [1.82, 2.24) is 4.31 Å². The molecule has 0 radical (unpaired) electrons. The Morgan fingerprint density at radius 3 is 2.52 bits per heavy atom. The van der Waals surface area contributed by atoms with Crippen LogP contribution in [0.5, 0.6) is 0 Å². The molecule has 0 heterocycles. The van der Waals surface area contributed by atoms with Crippen molar-refractivity contribution in [2.45, 2.75) is 24.8 Å². The molecule has 21 heavy (non-hydrogen) atoms. The molecule has 0 aliphatic carbocycles. The zero-order valence-corrected chi connectivity index (χ0v) is 13.1. The third-order valence-corrected chi connectivity index (χ3v) is 5.13. The van der Waals surface area contributed by atoms with Crippen LogP contribution < -0.4 is 0 Å². The lowest BCUT2D eigenvalue weighted by Crippen LogP contribution is -2.37. The maximum Gasteiger partial charge on any atom is 0.337 e. The van der Waals surface area contributed by atoms with Gasteiger partial charge in [0.1, 0.15) is 5.82 Å². The summed E-state index contributed by atoms with van der Waals surface area (Å²) in [5.41, 5.74) is -0.599. The predicted molar refractivity (Wildman–Crippen MR) is 77.6 cm³/mol. The summed E-state index contributed by atoms with van der Waals surface area (Å²) < 4.78 is 39.7. The van der Waals surface area contributed by atoms with E-state index in [1.807, 2.05) is 0 Å². The minimum Gasteiger partial charge on any atom is -0.478 e. The van der Waals surface area contributed by atoms with Gasteiger partial charge in [0.15, 0.2) is 0 Å². The number of hydrogen-bond acceptors (Lipinski definition) is 3. The molecular weight excluding hydrogens is 321 g/mol. The van der Waals surface area contributed by atoms with E-state index in [9.17, 15) is 17.6 Å². The standard InChI is InChI=1S/C13H15ClFNO4S/c1-4-5-16(8(2)3)21(19,20)9-6-10(13(17)18)12(14)11(15)7-9/h4,6-8H,1,5H2,2-3H3,(H,17,18). The summed E-state index contributed by atoms with van der Waals surface area (Å²) in [7, 11) is -4.06. The van der Waals surface area contributed by atoms with Crippen LogP contribution >= 0.6 is 11.6 Å². The molecule has 0 unspecified atom stereocenters. The lowest BCUT2D eigenvalue weighted by molar-refractivity contribution is 0.0696. The summed E-state index contributed by atoms with van der Waals surface area (Å²) in [5.74, 6) is -2.60. The molecule has 1 N–H and O–H groups in total. The molecule has 0 amide bonds. The molecule has 0 spiro atoms. The van der Waals surface area contributed by atoms with E-state index in [-0.39, 0.29) is 6.54 Å². The summed E-state index contributed by atoms with van der Waals surface area (Å²) in [6.07, 6.45) is 1.39. The third kappa shape index (κ3) is 3.61. The Morgan fingerprint density at radius 1 is 1.52 bits per heavy atom. The van der Waals surface area contributed by atoms with Gasteiger partial charge in [-0.05, 0) is 26.0 Å². The maximum absolute atomic E-state index is 13.7. The van der Waals surface area contributed by atoms with Gasteiger partial charge in [-0.2, -0.15) is 4.31 Å². The highest BCUT2D eigenvalue weighted by Crippen LogP contribution is 2.27. The fraction of sp³-hybridized carbons (Fsp3) is 0.308. The van der Waals surface area contributed by atoms with Crippen molar-refractivity contribution in [3.8, 4) is 0 Å². The normalized spacial score (nSPS) is 11.9. The Bertz CT molecular complexity index is 673. The molecule has 0 aliphatic rings. The summed E-state index contributed by atoms with van der Waals surface area (Å²) in [6.45, 7) is 6.78. The lowest BCUT2D eigenvalue weighted by Gasteiger charge is -2.24. The first-order valence-electron chi connectivity index (χ1n) is 5.98. The van der Waals surface area contributed by atoms with Gasteiger partial charge in [0.25, 0.3) is 0 Å². The summed E-state index contributed by atoms with van der Waals surface area (Å²) >= 11 is 5.53. The van der Waals surface area contributed by atoms with Crippen LogP contribution in [-0.2, 0) is 10.0 Å². The molecule has 0 bridgehead atoms. The van der Waals surface area contributed by atoms with Crippen LogP contribution in [0, 0.1) is 5.82 Å². The molecule has 1 aromatic rings. The van der Waals surface area contributed by atoms with E-state index >= 15 is 0 Å². The topological polar surface area (TPSA) is 74.7 Å². The highest BCUT2D eigenvalue weighted by atomic mass is 35.5. The van der Waals surface area contributed by atoms with Crippen molar-refractivity contribution in [3.63, 3.8) is 0 Å². The average molecular weight is 336 g/mol. The molecular formula is C13H15ClFNO4S. The van der Waals surface area contributed by atoms with E-state index in [0.29, 0.717) is 6.07 Å². The molecule has 0 aliphatic heterocycles. The van der Waals surface area contributed by atoms with Gasteiger partial charge in [0, 0.05) is 12.6 Å². The van der Waals surface area contributed by atoms with Crippen LogP contribution in [0.2, 0.25) is 5.02 Å². The number of carbonyl (C=O) groups is 1. The number of carboxylic acids is 1. The van der Waals surface area contributed by atoms with Crippen LogP contribution in [0.4, 0.5) is 4.39 Å². The predicted octanol–water partition coefficient (Wildman–Crippen LogP) is 2.76. The van der Waals surface area contributed by atoms with Gasteiger partial charge in [0.05, 0.1) is 15.5 Å². The minimum atomic E-state index is -4.06. The Labute approximate surface area is 127 Å². The number of benzene rings is 1. The summed E-state index contributed by atoms with van der Waals surface area (Å²) in [5, 5.41) is 8.33. The van der Waals surface area contributed by atoms with Crippen LogP contribution in [0.15, 0.2) is 29.7 Å². The van der Waals surface area contributed by atoms with E-state index in [2.05, 4.69) is 6.58 Å². The lowest BCUT2D eigenvalue weighted by atomic mass is 10.2. The number of hydrogen-bond donors (Lipinski definition) is 1. The number of carboxylic acid groups (broad SMARTS) is 1. The molecule has 0 fully saturated rings. The van der Waals surface area contributed by atoms with E-state index < -0.39 is 43.3 Å². The van der Waals surface area contributed by atoms with Crippen molar-refractivity contribution < 1.29 is 22.7 Å². The van der Waals surface area contributed by atoms with Crippen molar-refractivity contribution in [3.05, 3.63) is 41.2 Å². The van der Waals surface area contributed by atoms with Crippen LogP contribution in [-0.4, -0.2) is 36.4 Å². The van der Waals surface area contributed by atoms with E-state index in [1.165, 1.54) is 6.08 Å². The zero-order valence-electron chi connectivity index (χ0n) is 11.5. The van der Waals surface area contributed by atoms with Gasteiger partial charge < -0.3 is 5.11 Å². The van der Waals surface area contributed by atoms with Crippen molar-refractivity contribution in [2.75, 3.05) is 6.54 Å². The zero-order chi connectivity index (χ0) is 16.4. The average Bonchev–Trinajstić information content (AvgIpc) is 2.37. The first-order chi connectivity index (χ1) is 9.62. The number of sulfonamides is 1. The van der Waals surface area contributed by atoms with Gasteiger partial charge in [0.2, 0.25) is 10.0 Å². The fourth-order valence-electron chi connectivity index (χ4n) is 1.72. The maximum atomic E-state index is 13.7. The minimum absolute atomic E-state index is 0.0205. The molecule has 0 aromatic heterocycles. The molecule has 8 heteroatoms. The van der Waals surface area contributed by atoms with Crippen molar-refractivity contribution in [2.24, 2.45) is 0 Å². The Morgan fingerprint density at radius 2 is 2.10 bits per heavy atom. The SMILES string of the molecule is C=CCN(C(C)C)S(=O)(=O)c1cc(F)c(Cl)c(C(=O)O)c1. The molecule has 5 nitrogen and oxygen atoms in total. The second-order valence-corrected chi connectivity index (χ2v) is 6.80. The van der Waals surface area contributed by atoms with Gasteiger partial charge >= 0.3 is 5.97 Å². The highest BCUT2D eigenvalue weighted by Gasteiger charge is 2.28. The van der Waals surface area contributed by atoms with Crippen molar-refractivity contribution in [1.29, 1.82) is 0 Å². The fourth-order valence-corrected chi connectivity index (χ4v) is 3.55. The van der Waals surface area contributed by atoms with Gasteiger partial charge in [-0.3, -0.25) is 0 Å². The number of aromatic carboxylic acids is 1. The first-order valence-corrected chi connectivity index (χ1v) is 7.79. The molecule has 116 valence electrons. The molecule has 1 aromatic carbocycles. The van der Waals surface area contributed by atoms with Crippen molar-refractivity contribution >= 4 is 27.6 Å². The van der Waals surface area contributed by atoms with E-state index in [1.54, 1.807) is 13.8 Å². The van der Waals surface area contributed by atoms with Gasteiger partial charge in [-0.1, -0.05) is 17.7 Å². The van der Waals surface area contributed by atoms with Crippen LogP contribution in [0.3, 0.4) is 0 Å². The second-order valence-electron chi connectivity index (χ2n) is 4.53. The second kappa shape index (κ2) is 6.55. The summed E-state index contributed by atoms with van der Waals surface area (Å²) in [4.78, 5) is 10.5. The van der Waals surface area contributed by atoms with Gasteiger partial charge in [-0.15, -0.1) is 6.58 Å². The Balaban J connectivity index is 3.51. The highest BCUT2D eigenvalue weighted by molar-refractivity contribution is 7.89. The third-order valence-electron chi connectivity index (χ3n) is 2.72.